The number of hydrogen-bond donors (Lipinski definition) is 0. The number of likely N-dealkylation sites (tertiary alicyclic amines) is 1. The van der Waals surface area contributed by atoms with Gasteiger partial charge in [0.15, 0.2) is 0 Å². The monoisotopic (exact) mass is 348 g/mol. The Morgan fingerprint density at radius 3 is 2.65 bits per heavy atom. The minimum atomic E-state index is 0.387. The first-order chi connectivity index (χ1) is 12.8. The van der Waals surface area contributed by atoms with Crippen molar-refractivity contribution >= 4 is 0 Å². The molecule has 3 aromatic heterocycles. The average Bonchev–Trinajstić information content (AvgIpc) is 3.28. The Morgan fingerprint density at radius 2 is 1.92 bits per heavy atom. The molecule has 0 N–H and O–H groups in total. The van der Waals surface area contributed by atoms with Crippen LogP contribution in [0, 0.1) is 5.92 Å². The molecule has 4 rings (SSSR count). The first kappa shape index (κ1) is 16.8. The highest BCUT2D eigenvalue weighted by Crippen LogP contribution is 2.33. The van der Waals surface area contributed by atoms with Crippen molar-refractivity contribution in [3.8, 4) is 5.75 Å². The van der Waals surface area contributed by atoms with Gasteiger partial charge in [0.25, 0.3) is 0 Å². The molecule has 0 saturated carbocycles. The highest BCUT2D eigenvalue weighted by atomic mass is 16.5. The lowest BCUT2D eigenvalue weighted by atomic mass is 9.93. The lowest BCUT2D eigenvalue weighted by molar-refractivity contribution is 0.231. The third-order valence-corrected chi connectivity index (χ3v) is 5.14. The maximum atomic E-state index is 6.05. The molecule has 0 unspecified atom stereocenters. The molecule has 26 heavy (non-hydrogen) atoms. The van der Waals surface area contributed by atoms with E-state index in [1.54, 1.807) is 12.4 Å². The van der Waals surface area contributed by atoms with E-state index < -0.39 is 0 Å². The summed E-state index contributed by atoms with van der Waals surface area (Å²) < 4.78 is 8.24. The van der Waals surface area contributed by atoms with E-state index in [1.165, 1.54) is 5.69 Å². The van der Waals surface area contributed by atoms with E-state index in [1.807, 2.05) is 24.4 Å². The smallest absolute Gasteiger partial charge is 0.122 e. The molecule has 5 nitrogen and oxygen atoms in total. The van der Waals surface area contributed by atoms with Crippen LogP contribution in [0.1, 0.15) is 17.3 Å². The lowest BCUT2D eigenvalue weighted by Crippen LogP contribution is -2.23. The molecule has 1 saturated heterocycles. The Hall–Kier alpha value is -2.66. The maximum Gasteiger partial charge on any atom is 0.122 e. The van der Waals surface area contributed by atoms with Crippen LogP contribution in [0.25, 0.3) is 0 Å². The standard InChI is InChI=1S/C21H24N4O/c1-24-12-4-5-18(24)14-25-13-17(16-26-19-7-10-22-11-8-19)20(15-25)21-6-2-3-9-23-21/h2-12,17,20H,13-16H2,1H3/t17-,20+/m0/s1. The molecule has 0 aromatic carbocycles. The van der Waals surface area contributed by atoms with Gasteiger partial charge < -0.3 is 9.30 Å². The molecule has 134 valence electrons. The van der Waals surface area contributed by atoms with Crippen molar-refractivity contribution in [1.29, 1.82) is 0 Å². The van der Waals surface area contributed by atoms with Gasteiger partial charge in [0.2, 0.25) is 0 Å². The molecule has 0 bridgehead atoms. The fourth-order valence-electron chi connectivity index (χ4n) is 3.72. The average molecular weight is 348 g/mol. The third-order valence-electron chi connectivity index (χ3n) is 5.14. The quantitative estimate of drug-likeness (QED) is 0.686. The summed E-state index contributed by atoms with van der Waals surface area (Å²) in [5.74, 6) is 1.68. The molecule has 0 amide bonds. The second-order valence-corrected chi connectivity index (χ2v) is 6.92. The van der Waals surface area contributed by atoms with Crippen molar-refractivity contribution in [2.45, 2.75) is 12.5 Å². The summed E-state index contributed by atoms with van der Waals surface area (Å²) in [6.45, 7) is 3.66. The summed E-state index contributed by atoms with van der Waals surface area (Å²) in [4.78, 5) is 11.2. The summed E-state index contributed by atoms with van der Waals surface area (Å²) in [5, 5.41) is 0. The minimum absolute atomic E-state index is 0.387. The number of pyridine rings is 2. The molecule has 1 aliphatic heterocycles. The molecule has 0 radical (unpaired) electrons. The molecule has 4 heterocycles. The predicted molar refractivity (Wildman–Crippen MR) is 101 cm³/mol. The van der Waals surface area contributed by atoms with Gasteiger partial charge in [-0.1, -0.05) is 6.07 Å². The highest BCUT2D eigenvalue weighted by Gasteiger charge is 2.35. The van der Waals surface area contributed by atoms with Crippen molar-refractivity contribution in [2.24, 2.45) is 13.0 Å². The second kappa shape index (κ2) is 7.70. The van der Waals surface area contributed by atoms with Crippen LogP contribution in [0.3, 0.4) is 0 Å². The zero-order valence-electron chi connectivity index (χ0n) is 15.0. The minimum Gasteiger partial charge on any atom is -0.493 e. The first-order valence-electron chi connectivity index (χ1n) is 9.06. The molecule has 5 heteroatoms. The molecule has 1 aliphatic rings. The van der Waals surface area contributed by atoms with Gasteiger partial charge >= 0.3 is 0 Å². The number of aryl methyl sites for hydroxylation is 1. The van der Waals surface area contributed by atoms with Gasteiger partial charge in [-0.15, -0.1) is 0 Å². The largest absolute Gasteiger partial charge is 0.493 e. The van der Waals surface area contributed by atoms with Crippen molar-refractivity contribution in [3.05, 3.63) is 78.6 Å². The SMILES string of the molecule is Cn1cccc1CN1C[C@@H](COc2ccncc2)[C@H](c2ccccn2)C1. The number of hydrogen-bond acceptors (Lipinski definition) is 4. The van der Waals surface area contributed by atoms with Gasteiger partial charge in [-0.25, -0.2) is 0 Å². The van der Waals surface area contributed by atoms with Crippen molar-refractivity contribution in [1.82, 2.24) is 19.4 Å². The highest BCUT2D eigenvalue weighted by molar-refractivity contribution is 5.18. The molecule has 1 fully saturated rings. The molecular formula is C21H24N4O. The summed E-state index contributed by atoms with van der Waals surface area (Å²) in [6, 6.07) is 14.3. The van der Waals surface area contributed by atoms with E-state index in [0.717, 1.165) is 31.1 Å². The van der Waals surface area contributed by atoms with Crippen LogP contribution in [-0.2, 0) is 13.6 Å². The molecule has 0 aliphatic carbocycles. The van der Waals surface area contributed by atoms with Gasteiger partial charge in [0.05, 0.1) is 6.61 Å². The zero-order chi connectivity index (χ0) is 17.8. The van der Waals surface area contributed by atoms with Gasteiger partial charge in [-0.05, 0) is 36.4 Å². The Bertz CT molecular complexity index is 818. The molecule has 3 aromatic rings. The van der Waals surface area contributed by atoms with E-state index in [0.29, 0.717) is 18.4 Å². The van der Waals surface area contributed by atoms with Gasteiger partial charge in [-0.2, -0.15) is 0 Å². The van der Waals surface area contributed by atoms with Gasteiger partial charge in [0, 0.05) is 74.7 Å². The third kappa shape index (κ3) is 3.78. The Balaban J connectivity index is 1.48. The Kier molecular flexibility index (Phi) is 4.97. The van der Waals surface area contributed by atoms with Crippen LogP contribution in [0.15, 0.2) is 67.3 Å². The maximum absolute atomic E-state index is 6.05. The molecular weight excluding hydrogens is 324 g/mol. The lowest BCUT2D eigenvalue weighted by Gasteiger charge is -2.18. The van der Waals surface area contributed by atoms with Crippen LogP contribution in [0.4, 0.5) is 0 Å². The predicted octanol–water partition coefficient (Wildman–Crippen LogP) is 3.11. The van der Waals surface area contributed by atoms with Crippen LogP contribution >= 0.6 is 0 Å². The number of ether oxygens (including phenoxy) is 1. The summed E-state index contributed by atoms with van der Waals surface area (Å²) >= 11 is 0. The van der Waals surface area contributed by atoms with Crippen molar-refractivity contribution in [2.75, 3.05) is 19.7 Å². The van der Waals surface area contributed by atoms with Crippen molar-refractivity contribution in [3.63, 3.8) is 0 Å². The number of rotatable bonds is 6. The van der Waals surface area contributed by atoms with E-state index in [2.05, 4.69) is 56.9 Å². The van der Waals surface area contributed by atoms with E-state index >= 15 is 0 Å². The van der Waals surface area contributed by atoms with Crippen LogP contribution in [-0.4, -0.2) is 39.1 Å². The fourth-order valence-corrected chi connectivity index (χ4v) is 3.72. The Labute approximate surface area is 154 Å². The normalized spacial score (nSPS) is 20.3. The van der Waals surface area contributed by atoms with Gasteiger partial charge in [0.1, 0.15) is 5.75 Å². The van der Waals surface area contributed by atoms with Crippen LogP contribution in [0.2, 0.25) is 0 Å². The zero-order valence-corrected chi connectivity index (χ0v) is 15.0. The van der Waals surface area contributed by atoms with Crippen LogP contribution in [0.5, 0.6) is 5.75 Å². The van der Waals surface area contributed by atoms with Gasteiger partial charge in [-0.3, -0.25) is 14.9 Å². The first-order valence-corrected chi connectivity index (χ1v) is 9.06. The van der Waals surface area contributed by atoms with Crippen molar-refractivity contribution < 1.29 is 4.74 Å². The number of aromatic nitrogens is 3. The fraction of sp³-hybridized carbons (Fsp3) is 0.333. The molecule has 0 spiro atoms. The van der Waals surface area contributed by atoms with E-state index in [9.17, 15) is 0 Å². The van der Waals surface area contributed by atoms with E-state index in [-0.39, 0.29) is 0 Å². The summed E-state index contributed by atoms with van der Waals surface area (Å²) in [5.41, 5.74) is 2.49. The topological polar surface area (TPSA) is 43.2 Å². The summed E-state index contributed by atoms with van der Waals surface area (Å²) in [7, 11) is 2.10. The summed E-state index contributed by atoms with van der Waals surface area (Å²) in [6.07, 6.45) is 7.52. The van der Waals surface area contributed by atoms with Crippen LogP contribution < -0.4 is 4.74 Å². The number of nitrogens with zero attached hydrogens (tertiary/aromatic N) is 4. The second-order valence-electron chi connectivity index (χ2n) is 6.92. The van der Waals surface area contributed by atoms with E-state index in [4.69, 9.17) is 4.74 Å². The molecule has 2 atom stereocenters. The Morgan fingerprint density at radius 1 is 1.04 bits per heavy atom.